The molecule has 3 N–H and O–H groups in total. The van der Waals surface area contributed by atoms with Crippen molar-refractivity contribution in [1.82, 2.24) is 5.32 Å². The molecule has 112 valence electrons. The monoisotopic (exact) mass is 277 g/mol. The molecule has 1 rings (SSSR count). The zero-order valence-corrected chi connectivity index (χ0v) is 13.1. The van der Waals surface area contributed by atoms with E-state index in [4.69, 9.17) is 5.73 Å². The lowest BCUT2D eigenvalue weighted by molar-refractivity contribution is 0.0928. The standard InChI is InChI=1S/C16H27N3O/c1-5-16(6-2,11-17)12-18-15(20)13-8-7-9-14(10-13)19(3)4/h7-10H,5-6,11-12,17H2,1-4H3,(H,18,20). The maximum absolute atomic E-state index is 12.2. The van der Waals surface area contributed by atoms with Crippen LogP contribution < -0.4 is 16.0 Å². The van der Waals surface area contributed by atoms with Crippen molar-refractivity contribution in [2.24, 2.45) is 11.1 Å². The lowest BCUT2D eigenvalue weighted by Crippen LogP contribution is -2.41. The Morgan fingerprint density at radius 2 is 1.95 bits per heavy atom. The summed E-state index contributed by atoms with van der Waals surface area (Å²) in [7, 11) is 3.93. The normalized spacial score (nSPS) is 11.2. The highest BCUT2D eigenvalue weighted by Crippen LogP contribution is 2.23. The largest absolute Gasteiger partial charge is 0.378 e. The van der Waals surface area contributed by atoms with Crippen molar-refractivity contribution in [1.29, 1.82) is 0 Å². The van der Waals surface area contributed by atoms with Gasteiger partial charge in [0, 0.05) is 31.9 Å². The van der Waals surface area contributed by atoms with Gasteiger partial charge in [0.05, 0.1) is 0 Å². The van der Waals surface area contributed by atoms with Gasteiger partial charge in [0.25, 0.3) is 5.91 Å². The van der Waals surface area contributed by atoms with Gasteiger partial charge in [-0.25, -0.2) is 0 Å². The van der Waals surface area contributed by atoms with Crippen LogP contribution in [0.1, 0.15) is 37.0 Å². The quantitative estimate of drug-likeness (QED) is 0.803. The van der Waals surface area contributed by atoms with E-state index in [0.29, 0.717) is 18.7 Å². The van der Waals surface area contributed by atoms with Gasteiger partial charge in [0.1, 0.15) is 0 Å². The van der Waals surface area contributed by atoms with Gasteiger partial charge in [0.15, 0.2) is 0 Å². The van der Waals surface area contributed by atoms with Gasteiger partial charge in [-0.05, 0) is 43.0 Å². The molecule has 0 atom stereocenters. The van der Waals surface area contributed by atoms with E-state index in [1.54, 1.807) is 0 Å². The summed E-state index contributed by atoms with van der Waals surface area (Å²) in [6.07, 6.45) is 1.94. The van der Waals surface area contributed by atoms with Crippen LogP contribution in [0.25, 0.3) is 0 Å². The molecule has 0 heterocycles. The van der Waals surface area contributed by atoms with Crippen LogP contribution in [-0.4, -0.2) is 33.1 Å². The van der Waals surface area contributed by atoms with E-state index in [1.807, 2.05) is 43.3 Å². The number of nitrogens with two attached hydrogens (primary N) is 1. The Hall–Kier alpha value is -1.55. The average Bonchev–Trinajstić information content (AvgIpc) is 2.49. The first kappa shape index (κ1) is 16.5. The number of carbonyl (C=O) groups excluding carboxylic acids is 1. The minimum Gasteiger partial charge on any atom is -0.378 e. The van der Waals surface area contributed by atoms with Crippen molar-refractivity contribution in [3.05, 3.63) is 29.8 Å². The van der Waals surface area contributed by atoms with Crippen LogP contribution in [0.2, 0.25) is 0 Å². The molecule has 1 aromatic rings. The molecule has 0 spiro atoms. The highest BCUT2D eigenvalue weighted by atomic mass is 16.1. The Balaban J connectivity index is 2.74. The zero-order chi connectivity index (χ0) is 15.2. The van der Waals surface area contributed by atoms with Crippen molar-refractivity contribution in [2.75, 3.05) is 32.1 Å². The first-order valence-electron chi connectivity index (χ1n) is 7.23. The Morgan fingerprint density at radius 3 is 2.45 bits per heavy atom. The average molecular weight is 277 g/mol. The number of carbonyl (C=O) groups is 1. The maximum Gasteiger partial charge on any atom is 0.251 e. The van der Waals surface area contributed by atoms with Gasteiger partial charge < -0.3 is 16.0 Å². The third-order valence-electron chi connectivity index (χ3n) is 4.18. The molecule has 0 saturated heterocycles. The smallest absolute Gasteiger partial charge is 0.251 e. The summed E-state index contributed by atoms with van der Waals surface area (Å²) in [5.41, 5.74) is 7.58. The molecule has 0 saturated carbocycles. The van der Waals surface area contributed by atoms with Crippen LogP contribution in [0.15, 0.2) is 24.3 Å². The number of hydrogen-bond donors (Lipinski definition) is 2. The van der Waals surface area contributed by atoms with Crippen molar-refractivity contribution in [2.45, 2.75) is 26.7 Å². The molecular formula is C16H27N3O. The van der Waals surface area contributed by atoms with E-state index in [9.17, 15) is 4.79 Å². The lowest BCUT2D eigenvalue weighted by atomic mass is 9.82. The molecule has 0 aliphatic rings. The van der Waals surface area contributed by atoms with Gasteiger partial charge in [-0.2, -0.15) is 0 Å². The van der Waals surface area contributed by atoms with Gasteiger partial charge >= 0.3 is 0 Å². The van der Waals surface area contributed by atoms with E-state index in [-0.39, 0.29) is 11.3 Å². The first-order chi connectivity index (χ1) is 9.48. The van der Waals surface area contributed by atoms with Crippen LogP contribution in [0, 0.1) is 5.41 Å². The first-order valence-corrected chi connectivity index (χ1v) is 7.23. The summed E-state index contributed by atoms with van der Waals surface area (Å²) in [6, 6.07) is 7.63. The van der Waals surface area contributed by atoms with E-state index in [2.05, 4.69) is 19.2 Å². The summed E-state index contributed by atoms with van der Waals surface area (Å²) < 4.78 is 0. The van der Waals surface area contributed by atoms with Crippen LogP contribution in [0.4, 0.5) is 5.69 Å². The Bertz CT molecular complexity index is 431. The van der Waals surface area contributed by atoms with Crippen LogP contribution in [-0.2, 0) is 0 Å². The third-order valence-corrected chi connectivity index (χ3v) is 4.18. The van der Waals surface area contributed by atoms with Crippen molar-refractivity contribution < 1.29 is 4.79 Å². The van der Waals surface area contributed by atoms with Crippen LogP contribution in [0.3, 0.4) is 0 Å². The lowest BCUT2D eigenvalue weighted by Gasteiger charge is -2.30. The summed E-state index contributed by atoms with van der Waals surface area (Å²) in [5, 5.41) is 3.02. The topological polar surface area (TPSA) is 58.4 Å². The molecule has 0 bridgehead atoms. The fourth-order valence-electron chi connectivity index (χ4n) is 2.16. The predicted octanol–water partition coefficient (Wildman–Crippen LogP) is 2.25. The molecule has 4 heteroatoms. The second kappa shape index (κ2) is 7.29. The molecular weight excluding hydrogens is 250 g/mol. The number of anilines is 1. The second-order valence-electron chi connectivity index (χ2n) is 5.54. The van der Waals surface area contributed by atoms with Crippen molar-refractivity contribution >= 4 is 11.6 Å². The van der Waals surface area contributed by atoms with Crippen LogP contribution >= 0.6 is 0 Å². The number of amides is 1. The van der Waals surface area contributed by atoms with Crippen molar-refractivity contribution in [3.8, 4) is 0 Å². The molecule has 20 heavy (non-hydrogen) atoms. The summed E-state index contributed by atoms with van der Waals surface area (Å²) >= 11 is 0. The van der Waals surface area contributed by atoms with Crippen molar-refractivity contribution in [3.63, 3.8) is 0 Å². The second-order valence-corrected chi connectivity index (χ2v) is 5.54. The molecule has 0 unspecified atom stereocenters. The van der Waals surface area contributed by atoms with E-state index in [0.717, 1.165) is 18.5 Å². The molecule has 0 fully saturated rings. The third kappa shape index (κ3) is 3.97. The molecule has 1 amide bonds. The van der Waals surface area contributed by atoms with E-state index < -0.39 is 0 Å². The number of benzene rings is 1. The number of hydrogen-bond acceptors (Lipinski definition) is 3. The fraction of sp³-hybridized carbons (Fsp3) is 0.562. The Morgan fingerprint density at radius 1 is 1.30 bits per heavy atom. The van der Waals surface area contributed by atoms with E-state index in [1.165, 1.54) is 0 Å². The molecule has 0 aromatic heterocycles. The van der Waals surface area contributed by atoms with Crippen LogP contribution in [0.5, 0.6) is 0 Å². The highest BCUT2D eigenvalue weighted by Gasteiger charge is 2.25. The molecule has 1 aromatic carbocycles. The van der Waals surface area contributed by atoms with Gasteiger partial charge in [-0.15, -0.1) is 0 Å². The molecule has 0 radical (unpaired) electrons. The van der Waals surface area contributed by atoms with Gasteiger partial charge in [0.2, 0.25) is 0 Å². The summed E-state index contributed by atoms with van der Waals surface area (Å²) in [4.78, 5) is 14.2. The molecule has 0 aliphatic heterocycles. The maximum atomic E-state index is 12.2. The summed E-state index contributed by atoms with van der Waals surface area (Å²) in [6.45, 7) is 5.46. The van der Waals surface area contributed by atoms with E-state index >= 15 is 0 Å². The number of nitrogens with zero attached hydrogens (tertiary/aromatic N) is 1. The zero-order valence-electron chi connectivity index (χ0n) is 13.1. The van der Waals surface area contributed by atoms with Gasteiger partial charge in [-0.1, -0.05) is 19.9 Å². The van der Waals surface area contributed by atoms with Gasteiger partial charge in [-0.3, -0.25) is 4.79 Å². The summed E-state index contributed by atoms with van der Waals surface area (Å²) in [5.74, 6) is -0.0339. The number of rotatable bonds is 7. The minimum atomic E-state index is -0.0339. The molecule has 4 nitrogen and oxygen atoms in total. The Kier molecular flexibility index (Phi) is 6.02. The predicted molar refractivity (Wildman–Crippen MR) is 85.2 cm³/mol. The minimum absolute atomic E-state index is 0.00875. The Labute approximate surface area is 122 Å². The molecule has 0 aliphatic carbocycles. The highest BCUT2D eigenvalue weighted by molar-refractivity contribution is 5.95. The SMILES string of the molecule is CCC(CC)(CN)CNC(=O)c1cccc(N(C)C)c1. The fourth-order valence-corrected chi connectivity index (χ4v) is 2.16. The number of nitrogens with one attached hydrogen (secondary N) is 1.